The van der Waals surface area contributed by atoms with Gasteiger partial charge in [0.05, 0.1) is 6.10 Å². The molecule has 2 rings (SSSR count). The van der Waals surface area contributed by atoms with Crippen LogP contribution in [0.25, 0.3) is 0 Å². The fourth-order valence-corrected chi connectivity index (χ4v) is 3.56. The van der Waals surface area contributed by atoms with Gasteiger partial charge in [0, 0.05) is 31.7 Å². The third-order valence-corrected chi connectivity index (χ3v) is 5.39. The predicted molar refractivity (Wildman–Crippen MR) is 89.5 cm³/mol. The predicted octanol–water partition coefficient (Wildman–Crippen LogP) is 3.33. The Labute approximate surface area is 129 Å². The number of nitrogens with zero attached hydrogens (tertiary/aromatic N) is 1. The number of aliphatic hydroxyl groups excluding tert-OH is 1. The number of hydrogen-bond donors (Lipinski definition) is 2. The van der Waals surface area contributed by atoms with Crippen LogP contribution < -0.4 is 10.6 Å². The average Bonchev–Trinajstić information content (AvgIpc) is 2.54. The van der Waals surface area contributed by atoms with Crippen LogP contribution in [0.2, 0.25) is 0 Å². The summed E-state index contributed by atoms with van der Waals surface area (Å²) >= 11 is 0. The van der Waals surface area contributed by atoms with E-state index in [0.717, 1.165) is 30.0 Å². The molecule has 1 aliphatic carbocycles. The fraction of sp³-hybridized carbons (Fsp3) is 0.667. The molecule has 1 saturated carbocycles. The first-order valence-electron chi connectivity index (χ1n) is 8.18. The third kappa shape index (κ3) is 3.41. The Balaban J connectivity index is 2.14. The third-order valence-electron chi connectivity index (χ3n) is 5.39. The molecule has 3 nitrogen and oxygen atoms in total. The standard InChI is InChI=1S/C18H30N2O/c1-4-14-9-11-18(13-19,12-10-14)17(21)15-5-7-16(8-6-15)20(2)3/h5-8,14,17,21H,4,9-13,19H2,1-3H3. The summed E-state index contributed by atoms with van der Waals surface area (Å²) in [4.78, 5) is 2.07. The molecule has 0 bridgehead atoms. The molecular weight excluding hydrogens is 260 g/mol. The SMILES string of the molecule is CCC1CCC(CN)(C(O)c2ccc(N(C)C)cc2)CC1. The molecule has 0 radical (unpaired) electrons. The molecule has 21 heavy (non-hydrogen) atoms. The van der Waals surface area contributed by atoms with E-state index in [1.54, 1.807) is 0 Å². The van der Waals surface area contributed by atoms with Crippen molar-refractivity contribution in [2.45, 2.75) is 45.1 Å². The minimum absolute atomic E-state index is 0.134. The van der Waals surface area contributed by atoms with Gasteiger partial charge < -0.3 is 15.7 Å². The van der Waals surface area contributed by atoms with E-state index in [2.05, 4.69) is 24.0 Å². The van der Waals surface area contributed by atoms with Gasteiger partial charge in [0.25, 0.3) is 0 Å². The number of hydrogen-bond acceptors (Lipinski definition) is 3. The highest BCUT2D eigenvalue weighted by atomic mass is 16.3. The molecule has 1 atom stereocenters. The summed E-state index contributed by atoms with van der Waals surface area (Å²) in [5.41, 5.74) is 8.10. The van der Waals surface area contributed by atoms with Gasteiger partial charge in [-0.3, -0.25) is 0 Å². The first-order chi connectivity index (χ1) is 10.0. The van der Waals surface area contributed by atoms with Crippen LogP contribution in [-0.2, 0) is 0 Å². The summed E-state index contributed by atoms with van der Waals surface area (Å²) in [5, 5.41) is 10.9. The zero-order valence-corrected chi connectivity index (χ0v) is 13.7. The van der Waals surface area contributed by atoms with Gasteiger partial charge in [0.15, 0.2) is 0 Å². The monoisotopic (exact) mass is 290 g/mol. The number of aliphatic hydroxyl groups is 1. The van der Waals surface area contributed by atoms with Crippen molar-refractivity contribution >= 4 is 5.69 Å². The molecule has 0 aromatic heterocycles. The molecule has 3 N–H and O–H groups in total. The van der Waals surface area contributed by atoms with Crippen LogP contribution in [0.5, 0.6) is 0 Å². The maximum Gasteiger partial charge on any atom is 0.0858 e. The Hall–Kier alpha value is -1.06. The van der Waals surface area contributed by atoms with E-state index in [9.17, 15) is 5.11 Å². The Morgan fingerprint density at radius 2 is 1.81 bits per heavy atom. The summed E-state index contributed by atoms with van der Waals surface area (Å²) < 4.78 is 0. The van der Waals surface area contributed by atoms with Gasteiger partial charge in [-0.2, -0.15) is 0 Å². The van der Waals surface area contributed by atoms with Crippen molar-refractivity contribution in [2.24, 2.45) is 17.1 Å². The molecule has 1 aromatic rings. The molecule has 0 saturated heterocycles. The van der Waals surface area contributed by atoms with Crippen LogP contribution in [0.4, 0.5) is 5.69 Å². The van der Waals surface area contributed by atoms with Crippen molar-refractivity contribution in [3.05, 3.63) is 29.8 Å². The van der Waals surface area contributed by atoms with Crippen molar-refractivity contribution in [1.82, 2.24) is 0 Å². The summed E-state index contributed by atoms with van der Waals surface area (Å²) in [5.74, 6) is 0.813. The van der Waals surface area contributed by atoms with Crippen molar-refractivity contribution in [3.8, 4) is 0 Å². The molecule has 1 aromatic carbocycles. The molecule has 1 unspecified atom stereocenters. The van der Waals surface area contributed by atoms with E-state index < -0.39 is 6.10 Å². The topological polar surface area (TPSA) is 49.5 Å². The maximum atomic E-state index is 10.9. The van der Waals surface area contributed by atoms with Gasteiger partial charge in [-0.15, -0.1) is 0 Å². The van der Waals surface area contributed by atoms with E-state index in [1.807, 2.05) is 26.2 Å². The smallest absolute Gasteiger partial charge is 0.0858 e. The van der Waals surface area contributed by atoms with Crippen LogP contribution in [0.15, 0.2) is 24.3 Å². The molecule has 0 amide bonds. The minimum atomic E-state index is -0.448. The van der Waals surface area contributed by atoms with Crippen molar-refractivity contribution in [3.63, 3.8) is 0 Å². The highest BCUT2D eigenvalue weighted by Gasteiger charge is 2.40. The summed E-state index contributed by atoms with van der Waals surface area (Å²) in [6.07, 6.45) is 5.27. The molecular formula is C18H30N2O. The molecule has 0 heterocycles. The molecule has 0 spiro atoms. The van der Waals surface area contributed by atoms with E-state index in [4.69, 9.17) is 5.73 Å². The van der Waals surface area contributed by atoms with Crippen LogP contribution >= 0.6 is 0 Å². The number of anilines is 1. The van der Waals surface area contributed by atoms with Crippen molar-refractivity contribution in [1.29, 1.82) is 0 Å². The molecule has 0 aliphatic heterocycles. The largest absolute Gasteiger partial charge is 0.388 e. The van der Waals surface area contributed by atoms with Gasteiger partial charge in [0.2, 0.25) is 0 Å². The normalized spacial score (nSPS) is 27.4. The van der Waals surface area contributed by atoms with Crippen LogP contribution in [0, 0.1) is 11.3 Å². The second-order valence-corrected chi connectivity index (χ2v) is 6.81. The minimum Gasteiger partial charge on any atom is -0.388 e. The molecule has 118 valence electrons. The van der Waals surface area contributed by atoms with Crippen LogP contribution in [0.3, 0.4) is 0 Å². The Bertz CT molecular complexity index is 433. The van der Waals surface area contributed by atoms with Gasteiger partial charge in [-0.05, 0) is 49.3 Å². The van der Waals surface area contributed by atoms with Gasteiger partial charge >= 0.3 is 0 Å². The highest BCUT2D eigenvalue weighted by Crippen LogP contribution is 2.47. The summed E-state index contributed by atoms with van der Waals surface area (Å²) in [6.45, 7) is 2.83. The lowest BCUT2D eigenvalue weighted by molar-refractivity contribution is -0.0103. The van der Waals surface area contributed by atoms with Crippen molar-refractivity contribution < 1.29 is 5.11 Å². The molecule has 1 fully saturated rings. The van der Waals surface area contributed by atoms with Crippen molar-refractivity contribution in [2.75, 3.05) is 25.5 Å². The maximum absolute atomic E-state index is 10.9. The van der Waals surface area contributed by atoms with Crippen LogP contribution in [0.1, 0.15) is 50.7 Å². The Kier molecular flexibility index (Phi) is 5.28. The lowest BCUT2D eigenvalue weighted by Crippen LogP contribution is -2.40. The van der Waals surface area contributed by atoms with Gasteiger partial charge in [-0.1, -0.05) is 25.5 Å². The fourth-order valence-electron chi connectivity index (χ4n) is 3.56. The summed E-state index contributed by atoms with van der Waals surface area (Å²) in [6, 6.07) is 8.23. The van der Waals surface area contributed by atoms with Gasteiger partial charge in [0.1, 0.15) is 0 Å². The lowest BCUT2D eigenvalue weighted by atomic mass is 9.65. The van der Waals surface area contributed by atoms with E-state index in [-0.39, 0.29) is 5.41 Å². The first-order valence-corrected chi connectivity index (χ1v) is 8.18. The van der Waals surface area contributed by atoms with E-state index in [0.29, 0.717) is 6.54 Å². The number of benzene rings is 1. The zero-order valence-electron chi connectivity index (χ0n) is 13.7. The second kappa shape index (κ2) is 6.80. The van der Waals surface area contributed by atoms with E-state index in [1.165, 1.54) is 19.3 Å². The molecule has 3 heteroatoms. The Morgan fingerprint density at radius 1 is 1.24 bits per heavy atom. The lowest BCUT2D eigenvalue weighted by Gasteiger charge is -2.43. The quantitative estimate of drug-likeness (QED) is 0.874. The van der Waals surface area contributed by atoms with Gasteiger partial charge in [-0.25, -0.2) is 0 Å². The Morgan fingerprint density at radius 3 is 2.24 bits per heavy atom. The number of rotatable bonds is 5. The zero-order chi connectivity index (χ0) is 15.5. The number of nitrogens with two attached hydrogens (primary N) is 1. The second-order valence-electron chi connectivity index (χ2n) is 6.81. The molecule has 1 aliphatic rings. The summed E-state index contributed by atoms with van der Waals surface area (Å²) in [7, 11) is 4.05. The van der Waals surface area contributed by atoms with Crippen LogP contribution in [-0.4, -0.2) is 25.7 Å². The first kappa shape index (κ1) is 16.3. The average molecular weight is 290 g/mol. The van der Waals surface area contributed by atoms with E-state index >= 15 is 0 Å². The highest BCUT2D eigenvalue weighted by molar-refractivity contribution is 5.46.